The van der Waals surface area contributed by atoms with E-state index in [1.54, 1.807) is 6.07 Å². The number of benzene rings is 3. The van der Waals surface area contributed by atoms with Crippen LogP contribution < -0.4 is 5.32 Å². The SMILES string of the molecule is CN(CCc1ccc(CO)cc1C=O)CCN1CCC(Nc2ccccc2-c2ccccc2)CC1.O=CO. The second kappa shape index (κ2) is 15.7. The van der Waals surface area contributed by atoms with Crippen LogP contribution >= 0.6 is 0 Å². The third-order valence-electron chi connectivity index (χ3n) is 7.04. The molecule has 0 spiro atoms. The van der Waals surface area contributed by atoms with E-state index in [1.807, 2.05) is 12.1 Å². The molecule has 4 rings (SSSR count). The maximum atomic E-state index is 11.4. The van der Waals surface area contributed by atoms with Crippen LogP contribution in [0.2, 0.25) is 0 Å². The summed E-state index contributed by atoms with van der Waals surface area (Å²) >= 11 is 0. The number of carbonyl (C=O) groups is 2. The van der Waals surface area contributed by atoms with Gasteiger partial charge in [0.2, 0.25) is 0 Å². The third kappa shape index (κ3) is 8.80. The van der Waals surface area contributed by atoms with E-state index >= 15 is 0 Å². The molecule has 0 radical (unpaired) electrons. The molecule has 202 valence electrons. The highest BCUT2D eigenvalue weighted by atomic mass is 16.3. The minimum Gasteiger partial charge on any atom is -0.483 e. The van der Waals surface area contributed by atoms with Gasteiger partial charge in [-0.1, -0.05) is 60.7 Å². The smallest absolute Gasteiger partial charge is 0.290 e. The molecule has 0 saturated carbocycles. The Hall–Kier alpha value is -3.52. The third-order valence-corrected chi connectivity index (χ3v) is 7.04. The molecule has 7 heteroatoms. The molecule has 7 nitrogen and oxygen atoms in total. The Labute approximate surface area is 225 Å². The molecule has 0 amide bonds. The molecule has 0 atom stereocenters. The Morgan fingerprint density at radius 1 is 0.974 bits per heavy atom. The second-order valence-corrected chi connectivity index (χ2v) is 9.64. The fourth-order valence-corrected chi connectivity index (χ4v) is 4.81. The van der Waals surface area contributed by atoms with E-state index in [2.05, 4.69) is 76.8 Å². The van der Waals surface area contributed by atoms with Crippen LogP contribution in [0.15, 0.2) is 72.8 Å². The number of hydrogen-bond acceptors (Lipinski definition) is 6. The van der Waals surface area contributed by atoms with E-state index in [1.165, 1.54) is 16.8 Å². The van der Waals surface area contributed by atoms with Gasteiger partial charge in [0.05, 0.1) is 6.61 Å². The van der Waals surface area contributed by atoms with Gasteiger partial charge in [-0.2, -0.15) is 0 Å². The number of anilines is 1. The Kier molecular flexibility index (Phi) is 12.0. The van der Waals surface area contributed by atoms with Crippen molar-refractivity contribution >= 4 is 18.4 Å². The van der Waals surface area contributed by atoms with Gasteiger partial charge in [0.15, 0.2) is 0 Å². The number of rotatable bonds is 11. The molecule has 1 aliphatic rings. The molecule has 1 aliphatic heterocycles. The number of nitrogens with one attached hydrogen (secondary N) is 1. The van der Waals surface area contributed by atoms with E-state index < -0.39 is 0 Å². The molecule has 0 bridgehead atoms. The number of aliphatic hydroxyl groups excluding tert-OH is 1. The standard InChI is InChI=1S/C30H37N3O2.CH2O2/c1-32(16-13-25-12-11-24(22-34)21-27(25)23-35)19-20-33-17-14-28(15-18-33)31-30-10-6-5-9-29(30)26-7-3-2-4-8-26;2-1-3/h2-12,21,23,28,31,34H,13-20,22H2,1H3;1H,(H,2,3). The van der Waals surface area contributed by atoms with Crippen LogP contribution in [0.4, 0.5) is 5.69 Å². The zero-order chi connectivity index (χ0) is 27.2. The average Bonchev–Trinajstić information content (AvgIpc) is 2.96. The summed E-state index contributed by atoms with van der Waals surface area (Å²) < 4.78 is 0. The number of carbonyl (C=O) groups excluding carboxylic acids is 1. The molecule has 1 saturated heterocycles. The van der Waals surface area contributed by atoms with Gasteiger partial charge < -0.3 is 25.3 Å². The molecule has 1 heterocycles. The van der Waals surface area contributed by atoms with E-state index in [0.29, 0.717) is 11.6 Å². The van der Waals surface area contributed by atoms with Gasteiger partial charge in [-0.05, 0) is 55.1 Å². The van der Waals surface area contributed by atoms with Crippen molar-refractivity contribution in [1.29, 1.82) is 0 Å². The molecule has 0 unspecified atom stereocenters. The fourth-order valence-electron chi connectivity index (χ4n) is 4.81. The van der Waals surface area contributed by atoms with Crippen LogP contribution in [0.5, 0.6) is 0 Å². The average molecular weight is 518 g/mol. The number of para-hydroxylation sites is 1. The van der Waals surface area contributed by atoms with Gasteiger partial charge in [0, 0.05) is 55.6 Å². The van der Waals surface area contributed by atoms with Gasteiger partial charge in [0.1, 0.15) is 6.29 Å². The first kappa shape index (κ1) is 29.0. The summed E-state index contributed by atoms with van der Waals surface area (Å²) in [5.41, 5.74) is 6.26. The maximum Gasteiger partial charge on any atom is 0.290 e. The largest absolute Gasteiger partial charge is 0.483 e. The van der Waals surface area contributed by atoms with Gasteiger partial charge in [0.25, 0.3) is 6.47 Å². The molecule has 3 aromatic carbocycles. The summed E-state index contributed by atoms with van der Waals surface area (Å²) in [6, 6.07) is 25.4. The normalized spacial score (nSPS) is 14.0. The fraction of sp³-hybridized carbons (Fsp3) is 0.355. The topological polar surface area (TPSA) is 93.1 Å². The number of likely N-dealkylation sites (tertiary alicyclic amines) is 1. The number of nitrogens with zero attached hydrogens (tertiary/aromatic N) is 2. The minimum atomic E-state index is -0.250. The molecule has 0 aliphatic carbocycles. The van der Waals surface area contributed by atoms with Crippen LogP contribution in [0.25, 0.3) is 11.1 Å². The van der Waals surface area contributed by atoms with Crippen molar-refractivity contribution in [2.45, 2.75) is 31.9 Å². The summed E-state index contributed by atoms with van der Waals surface area (Å²) in [6.45, 7) is 4.92. The van der Waals surface area contributed by atoms with Crippen LogP contribution in [0.3, 0.4) is 0 Å². The number of likely N-dealkylation sites (N-methyl/N-ethyl adjacent to an activating group) is 1. The van der Waals surface area contributed by atoms with Gasteiger partial charge in [-0.3, -0.25) is 9.59 Å². The van der Waals surface area contributed by atoms with Crippen LogP contribution in [0, 0.1) is 0 Å². The van der Waals surface area contributed by atoms with Crippen molar-refractivity contribution in [3.63, 3.8) is 0 Å². The lowest BCUT2D eigenvalue weighted by molar-refractivity contribution is -0.122. The highest BCUT2D eigenvalue weighted by molar-refractivity contribution is 5.78. The molecule has 1 fully saturated rings. The van der Waals surface area contributed by atoms with Crippen molar-refractivity contribution in [1.82, 2.24) is 9.80 Å². The maximum absolute atomic E-state index is 11.4. The molecule has 0 aromatic heterocycles. The van der Waals surface area contributed by atoms with E-state index in [9.17, 15) is 9.90 Å². The summed E-state index contributed by atoms with van der Waals surface area (Å²) in [4.78, 5) is 24.7. The van der Waals surface area contributed by atoms with Crippen LogP contribution in [0.1, 0.15) is 34.3 Å². The highest BCUT2D eigenvalue weighted by Crippen LogP contribution is 2.29. The van der Waals surface area contributed by atoms with E-state index in [0.717, 1.165) is 69.4 Å². The Balaban J connectivity index is 0.00000127. The predicted octanol–water partition coefficient (Wildman–Crippen LogP) is 4.41. The quantitative estimate of drug-likeness (QED) is 0.325. The van der Waals surface area contributed by atoms with Gasteiger partial charge >= 0.3 is 0 Å². The number of aliphatic hydroxyl groups is 1. The monoisotopic (exact) mass is 517 g/mol. The lowest BCUT2D eigenvalue weighted by atomic mass is 10.0. The van der Waals surface area contributed by atoms with E-state index in [-0.39, 0.29) is 13.1 Å². The molecule has 38 heavy (non-hydrogen) atoms. The minimum absolute atomic E-state index is 0.0349. The van der Waals surface area contributed by atoms with Gasteiger partial charge in [-0.25, -0.2) is 0 Å². The Morgan fingerprint density at radius 3 is 2.34 bits per heavy atom. The van der Waals surface area contributed by atoms with Gasteiger partial charge in [-0.15, -0.1) is 0 Å². The lowest BCUT2D eigenvalue weighted by Crippen LogP contribution is -2.42. The van der Waals surface area contributed by atoms with Crippen molar-refractivity contribution < 1.29 is 19.8 Å². The van der Waals surface area contributed by atoms with Crippen molar-refractivity contribution in [3.8, 4) is 11.1 Å². The first-order valence-corrected chi connectivity index (χ1v) is 13.2. The number of carboxylic acid groups (broad SMARTS) is 1. The Morgan fingerprint density at radius 2 is 1.66 bits per heavy atom. The number of piperidine rings is 1. The van der Waals surface area contributed by atoms with Crippen LogP contribution in [-0.2, 0) is 17.8 Å². The summed E-state index contributed by atoms with van der Waals surface area (Å²) in [6.07, 6.45) is 4.02. The van der Waals surface area contributed by atoms with Crippen LogP contribution in [-0.4, -0.2) is 78.6 Å². The molecular formula is C31H39N3O4. The molecule has 3 N–H and O–H groups in total. The van der Waals surface area contributed by atoms with Crippen molar-refractivity contribution in [2.24, 2.45) is 0 Å². The summed E-state index contributed by atoms with van der Waals surface area (Å²) in [5.74, 6) is 0. The number of aldehydes is 1. The zero-order valence-corrected chi connectivity index (χ0v) is 22.1. The van der Waals surface area contributed by atoms with E-state index in [4.69, 9.17) is 9.90 Å². The molecule has 3 aromatic rings. The molecular weight excluding hydrogens is 478 g/mol. The summed E-state index contributed by atoms with van der Waals surface area (Å²) in [7, 11) is 2.15. The zero-order valence-electron chi connectivity index (χ0n) is 22.1. The first-order valence-electron chi connectivity index (χ1n) is 13.2. The predicted molar refractivity (Wildman–Crippen MR) is 153 cm³/mol. The second-order valence-electron chi connectivity index (χ2n) is 9.64. The number of hydrogen-bond donors (Lipinski definition) is 3. The Bertz CT molecular complexity index is 1130. The summed E-state index contributed by atoms with van der Waals surface area (Å²) in [5, 5.41) is 20.0. The first-order chi connectivity index (χ1) is 18.6. The van der Waals surface area contributed by atoms with Crippen molar-refractivity contribution in [3.05, 3.63) is 89.5 Å². The highest BCUT2D eigenvalue weighted by Gasteiger charge is 2.20. The van der Waals surface area contributed by atoms with Crippen molar-refractivity contribution in [2.75, 3.05) is 45.1 Å². The lowest BCUT2D eigenvalue weighted by Gasteiger charge is -2.34.